The minimum Gasteiger partial charge on any atom is -0.397 e. The molecule has 0 saturated carbocycles. The zero-order valence-electron chi connectivity index (χ0n) is 13.6. The molecule has 21 heavy (non-hydrogen) atoms. The SMILES string of the molecule is CC1CN(C(=O)c2ccc(N(C)C)c(N)c2)CC(C)N1C. The molecule has 0 spiro atoms. The molecule has 1 aliphatic heterocycles. The van der Waals surface area contributed by atoms with Crippen molar-refractivity contribution in [2.45, 2.75) is 25.9 Å². The number of nitrogen functional groups attached to an aromatic ring is 1. The third kappa shape index (κ3) is 3.13. The Morgan fingerprint density at radius 1 is 1.24 bits per heavy atom. The molecule has 1 aliphatic rings. The van der Waals surface area contributed by atoms with Crippen molar-refractivity contribution in [3.63, 3.8) is 0 Å². The quantitative estimate of drug-likeness (QED) is 0.839. The van der Waals surface area contributed by atoms with Crippen LogP contribution < -0.4 is 10.6 Å². The zero-order valence-corrected chi connectivity index (χ0v) is 13.6. The Bertz CT molecular complexity index is 517. The van der Waals surface area contributed by atoms with Gasteiger partial charge in [0, 0.05) is 44.8 Å². The Balaban J connectivity index is 2.19. The van der Waals surface area contributed by atoms with Gasteiger partial charge in [-0.15, -0.1) is 0 Å². The Kier molecular flexibility index (Phi) is 4.42. The van der Waals surface area contributed by atoms with Gasteiger partial charge >= 0.3 is 0 Å². The number of nitrogens with zero attached hydrogens (tertiary/aromatic N) is 3. The molecule has 1 saturated heterocycles. The summed E-state index contributed by atoms with van der Waals surface area (Å²) in [4.78, 5) is 18.9. The summed E-state index contributed by atoms with van der Waals surface area (Å²) in [5.41, 5.74) is 8.29. The fourth-order valence-electron chi connectivity index (χ4n) is 2.85. The number of hydrogen-bond donors (Lipinski definition) is 1. The van der Waals surface area contributed by atoms with Crippen LogP contribution in [0.15, 0.2) is 18.2 Å². The average molecular weight is 290 g/mol. The lowest BCUT2D eigenvalue weighted by Crippen LogP contribution is -2.56. The summed E-state index contributed by atoms with van der Waals surface area (Å²) < 4.78 is 0. The summed E-state index contributed by atoms with van der Waals surface area (Å²) in [5.74, 6) is 0.0683. The van der Waals surface area contributed by atoms with Crippen LogP contribution in [0.4, 0.5) is 11.4 Å². The Hall–Kier alpha value is -1.75. The number of piperazine rings is 1. The van der Waals surface area contributed by atoms with E-state index >= 15 is 0 Å². The molecule has 2 atom stereocenters. The monoisotopic (exact) mass is 290 g/mol. The maximum atomic E-state index is 12.7. The molecule has 2 unspecified atom stereocenters. The number of amides is 1. The molecule has 116 valence electrons. The van der Waals surface area contributed by atoms with Gasteiger partial charge in [-0.1, -0.05) is 0 Å². The van der Waals surface area contributed by atoms with Gasteiger partial charge in [0.05, 0.1) is 11.4 Å². The minimum absolute atomic E-state index is 0.0683. The van der Waals surface area contributed by atoms with E-state index in [9.17, 15) is 4.79 Å². The Morgan fingerprint density at radius 2 is 1.81 bits per heavy atom. The predicted molar refractivity (Wildman–Crippen MR) is 87.8 cm³/mol. The lowest BCUT2D eigenvalue weighted by molar-refractivity contribution is 0.0414. The second-order valence-corrected chi connectivity index (χ2v) is 6.24. The topological polar surface area (TPSA) is 52.8 Å². The molecule has 1 heterocycles. The van der Waals surface area contributed by atoms with Crippen LogP contribution in [0.3, 0.4) is 0 Å². The molecule has 0 radical (unpaired) electrons. The van der Waals surface area contributed by atoms with Crippen LogP contribution in [0, 0.1) is 0 Å². The van der Waals surface area contributed by atoms with Gasteiger partial charge < -0.3 is 15.5 Å². The van der Waals surface area contributed by atoms with E-state index < -0.39 is 0 Å². The van der Waals surface area contributed by atoms with Crippen molar-refractivity contribution in [1.82, 2.24) is 9.80 Å². The fraction of sp³-hybridized carbons (Fsp3) is 0.562. The van der Waals surface area contributed by atoms with Crippen molar-refractivity contribution in [1.29, 1.82) is 0 Å². The van der Waals surface area contributed by atoms with E-state index in [1.54, 1.807) is 6.07 Å². The number of hydrogen-bond acceptors (Lipinski definition) is 4. The molecule has 1 aromatic carbocycles. The van der Waals surface area contributed by atoms with Crippen molar-refractivity contribution in [2.75, 3.05) is 44.9 Å². The molecule has 0 aromatic heterocycles. The van der Waals surface area contributed by atoms with Gasteiger partial charge in [-0.3, -0.25) is 9.69 Å². The van der Waals surface area contributed by atoms with Crippen LogP contribution >= 0.6 is 0 Å². The molecule has 1 amide bonds. The summed E-state index contributed by atoms with van der Waals surface area (Å²) in [6, 6.07) is 6.30. The highest BCUT2D eigenvalue weighted by molar-refractivity contribution is 5.96. The zero-order chi connectivity index (χ0) is 15.7. The largest absolute Gasteiger partial charge is 0.397 e. The van der Waals surface area contributed by atoms with Crippen LogP contribution in [-0.4, -0.2) is 62.0 Å². The molecule has 1 fully saturated rings. The van der Waals surface area contributed by atoms with E-state index in [4.69, 9.17) is 5.73 Å². The first-order valence-corrected chi connectivity index (χ1v) is 7.39. The molecule has 5 nitrogen and oxygen atoms in total. The first-order valence-electron chi connectivity index (χ1n) is 7.39. The maximum Gasteiger partial charge on any atom is 0.254 e. The number of carbonyl (C=O) groups excluding carboxylic acids is 1. The minimum atomic E-state index is 0.0683. The van der Waals surface area contributed by atoms with Crippen LogP contribution in [0.5, 0.6) is 0 Å². The van der Waals surface area contributed by atoms with Gasteiger partial charge in [0.2, 0.25) is 0 Å². The lowest BCUT2D eigenvalue weighted by atomic mass is 10.1. The second-order valence-electron chi connectivity index (χ2n) is 6.24. The molecule has 0 aliphatic carbocycles. The van der Waals surface area contributed by atoms with E-state index in [0.29, 0.717) is 23.3 Å². The van der Waals surface area contributed by atoms with Gasteiger partial charge in [-0.25, -0.2) is 0 Å². The molecule has 1 aromatic rings. The molecule has 2 N–H and O–H groups in total. The van der Waals surface area contributed by atoms with Crippen molar-refractivity contribution in [2.24, 2.45) is 0 Å². The summed E-state index contributed by atoms with van der Waals surface area (Å²) in [5, 5.41) is 0. The number of rotatable bonds is 2. The van der Waals surface area contributed by atoms with Crippen LogP contribution in [0.1, 0.15) is 24.2 Å². The van der Waals surface area contributed by atoms with E-state index in [-0.39, 0.29) is 5.91 Å². The normalized spacial score (nSPS) is 23.2. The number of carbonyl (C=O) groups is 1. The number of likely N-dealkylation sites (N-methyl/N-ethyl adjacent to an activating group) is 1. The van der Waals surface area contributed by atoms with Crippen LogP contribution in [0.25, 0.3) is 0 Å². The second kappa shape index (κ2) is 5.93. The van der Waals surface area contributed by atoms with E-state index in [1.165, 1.54) is 0 Å². The molecular formula is C16H26N4O. The van der Waals surface area contributed by atoms with Crippen molar-refractivity contribution in [3.05, 3.63) is 23.8 Å². The maximum absolute atomic E-state index is 12.7. The highest BCUT2D eigenvalue weighted by Crippen LogP contribution is 2.24. The lowest BCUT2D eigenvalue weighted by Gasteiger charge is -2.42. The predicted octanol–water partition coefficient (Wildman–Crippen LogP) is 1.50. The number of benzene rings is 1. The molecule has 0 bridgehead atoms. The van der Waals surface area contributed by atoms with Gasteiger partial charge in [0.1, 0.15) is 0 Å². The summed E-state index contributed by atoms with van der Waals surface area (Å²) in [6.45, 7) is 5.82. The third-order valence-corrected chi connectivity index (χ3v) is 4.40. The van der Waals surface area contributed by atoms with Crippen molar-refractivity contribution >= 4 is 17.3 Å². The van der Waals surface area contributed by atoms with Crippen molar-refractivity contribution in [3.8, 4) is 0 Å². The van der Waals surface area contributed by atoms with Gasteiger partial charge in [0.25, 0.3) is 5.91 Å². The summed E-state index contributed by atoms with van der Waals surface area (Å²) >= 11 is 0. The fourth-order valence-corrected chi connectivity index (χ4v) is 2.85. The van der Waals surface area contributed by atoms with Gasteiger partial charge in [-0.05, 0) is 39.1 Å². The van der Waals surface area contributed by atoms with E-state index in [0.717, 1.165) is 18.8 Å². The van der Waals surface area contributed by atoms with E-state index in [2.05, 4.69) is 25.8 Å². The standard InChI is InChI=1S/C16H26N4O/c1-11-9-20(10-12(2)19(11)5)16(21)13-6-7-15(18(3)4)14(17)8-13/h6-8,11-12H,9-10,17H2,1-5H3. The van der Waals surface area contributed by atoms with Gasteiger partial charge in [-0.2, -0.15) is 0 Å². The van der Waals surface area contributed by atoms with Gasteiger partial charge in [0.15, 0.2) is 0 Å². The first-order chi connectivity index (χ1) is 9.81. The number of nitrogens with two attached hydrogens (primary N) is 1. The van der Waals surface area contributed by atoms with Crippen LogP contribution in [-0.2, 0) is 0 Å². The average Bonchev–Trinajstić information content (AvgIpc) is 2.42. The highest BCUT2D eigenvalue weighted by Gasteiger charge is 2.29. The summed E-state index contributed by atoms with van der Waals surface area (Å²) in [6.07, 6.45) is 0. The van der Waals surface area contributed by atoms with E-state index in [1.807, 2.05) is 36.0 Å². The smallest absolute Gasteiger partial charge is 0.254 e. The third-order valence-electron chi connectivity index (χ3n) is 4.40. The molecule has 5 heteroatoms. The van der Waals surface area contributed by atoms with Crippen molar-refractivity contribution < 1.29 is 4.79 Å². The first kappa shape index (κ1) is 15.6. The number of anilines is 2. The Labute approximate surface area is 127 Å². The molecule has 2 rings (SSSR count). The highest BCUT2D eigenvalue weighted by atomic mass is 16.2. The van der Waals surface area contributed by atoms with Crippen LogP contribution in [0.2, 0.25) is 0 Å². The molecular weight excluding hydrogens is 264 g/mol. The Morgan fingerprint density at radius 3 is 2.29 bits per heavy atom. The summed E-state index contributed by atoms with van der Waals surface area (Å²) in [7, 11) is 6.00.